The van der Waals surface area contributed by atoms with Crippen LogP contribution in [0.2, 0.25) is 0 Å². The molecule has 0 aromatic heterocycles. The molecular weight excluding hydrogens is 210 g/mol. The summed E-state index contributed by atoms with van der Waals surface area (Å²) < 4.78 is 5.17. The van der Waals surface area contributed by atoms with E-state index in [4.69, 9.17) is 4.74 Å². The molecule has 0 amide bonds. The normalized spacial score (nSPS) is 14.4. The van der Waals surface area contributed by atoms with Gasteiger partial charge >= 0.3 is 0 Å². The van der Waals surface area contributed by atoms with Gasteiger partial charge in [0.15, 0.2) is 0 Å². The molecule has 1 rings (SSSR count). The number of benzene rings is 1. The number of rotatable bonds is 7. The van der Waals surface area contributed by atoms with E-state index in [-0.39, 0.29) is 0 Å². The van der Waals surface area contributed by atoms with Crippen LogP contribution in [-0.2, 0) is 0 Å². The third-order valence-electron chi connectivity index (χ3n) is 3.13. The van der Waals surface area contributed by atoms with E-state index in [0.29, 0.717) is 12.0 Å². The first-order chi connectivity index (χ1) is 8.17. The Morgan fingerprint density at radius 1 is 1.18 bits per heavy atom. The molecule has 1 aromatic carbocycles. The lowest BCUT2D eigenvalue weighted by Gasteiger charge is -2.19. The van der Waals surface area contributed by atoms with Crippen LogP contribution in [0.3, 0.4) is 0 Å². The van der Waals surface area contributed by atoms with Crippen molar-refractivity contribution in [2.75, 3.05) is 13.7 Å². The van der Waals surface area contributed by atoms with Gasteiger partial charge in [0.05, 0.1) is 7.11 Å². The van der Waals surface area contributed by atoms with E-state index >= 15 is 0 Å². The summed E-state index contributed by atoms with van der Waals surface area (Å²) in [6.07, 6.45) is 2.37. The van der Waals surface area contributed by atoms with Crippen LogP contribution >= 0.6 is 0 Å². The maximum absolute atomic E-state index is 5.17. The van der Waals surface area contributed by atoms with Crippen LogP contribution in [0.5, 0.6) is 5.75 Å². The predicted octanol–water partition coefficient (Wildman–Crippen LogP) is 3.58. The molecule has 0 spiro atoms. The quantitative estimate of drug-likeness (QED) is 0.780. The molecule has 0 saturated heterocycles. The Labute approximate surface area is 105 Å². The van der Waals surface area contributed by atoms with Crippen LogP contribution in [0.1, 0.15) is 45.1 Å². The van der Waals surface area contributed by atoms with E-state index in [2.05, 4.69) is 38.2 Å². The molecule has 1 aromatic rings. The van der Waals surface area contributed by atoms with E-state index < -0.39 is 0 Å². The van der Waals surface area contributed by atoms with E-state index in [9.17, 15) is 0 Å². The third-order valence-corrected chi connectivity index (χ3v) is 3.13. The molecule has 0 aliphatic carbocycles. The number of hydrogen-bond donors (Lipinski definition) is 1. The zero-order valence-corrected chi connectivity index (χ0v) is 11.5. The van der Waals surface area contributed by atoms with Gasteiger partial charge in [-0.05, 0) is 49.9 Å². The first-order valence-corrected chi connectivity index (χ1v) is 6.54. The van der Waals surface area contributed by atoms with Gasteiger partial charge in [-0.25, -0.2) is 0 Å². The summed E-state index contributed by atoms with van der Waals surface area (Å²) in [5.41, 5.74) is 1.39. The summed E-state index contributed by atoms with van der Waals surface area (Å²) in [6.45, 7) is 7.85. The topological polar surface area (TPSA) is 21.3 Å². The van der Waals surface area contributed by atoms with Crippen LogP contribution in [0.15, 0.2) is 24.3 Å². The SMILES string of the molecule is CCCNC(C)CC(C)c1ccc(OC)cc1. The monoisotopic (exact) mass is 235 g/mol. The molecule has 2 heteroatoms. The Kier molecular flexibility index (Phi) is 6.06. The molecule has 2 atom stereocenters. The number of nitrogens with one attached hydrogen (secondary N) is 1. The van der Waals surface area contributed by atoms with Crippen molar-refractivity contribution in [1.82, 2.24) is 5.32 Å². The van der Waals surface area contributed by atoms with Gasteiger partial charge < -0.3 is 10.1 Å². The van der Waals surface area contributed by atoms with Gasteiger partial charge in [0.1, 0.15) is 5.75 Å². The van der Waals surface area contributed by atoms with Crippen molar-refractivity contribution >= 4 is 0 Å². The van der Waals surface area contributed by atoms with E-state index in [1.807, 2.05) is 12.1 Å². The molecule has 2 unspecified atom stereocenters. The highest BCUT2D eigenvalue weighted by atomic mass is 16.5. The lowest BCUT2D eigenvalue weighted by molar-refractivity contribution is 0.414. The fourth-order valence-corrected chi connectivity index (χ4v) is 2.07. The van der Waals surface area contributed by atoms with Gasteiger partial charge in [0.25, 0.3) is 0 Å². The minimum absolute atomic E-state index is 0.576. The Morgan fingerprint density at radius 2 is 1.82 bits per heavy atom. The summed E-state index contributed by atoms with van der Waals surface area (Å²) >= 11 is 0. The minimum Gasteiger partial charge on any atom is -0.497 e. The average molecular weight is 235 g/mol. The molecule has 2 nitrogen and oxygen atoms in total. The molecule has 0 radical (unpaired) electrons. The molecule has 0 saturated carbocycles. The zero-order valence-electron chi connectivity index (χ0n) is 11.5. The Morgan fingerprint density at radius 3 is 2.35 bits per heavy atom. The van der Waals surface area contributed by atoms with Crippen molar-refractivity contribution in [3.63, 3.8) is 0 Å². The first-order valence-electron chi connectivity index (χ1n) is 6.54. The Balaban J connectivity index is 2.47. The number of hydrogen-bond acceptors (Lipinski definition) is 2. The molecule has 0 heterocycles. The van der Waals surface area contributed by atoms with Crippen LogP contribution in [-0.4, -0.2) is 19.7 Å². The molecule has 0 fully saturated rings. The Bertz CT molecular complexity index is 307. The van der Waals surface area contributed by atoms with Gasteiger partial charge in [-0.15, -0.1) is 0 Å². The molecule has 17 heavy (non-hydrogen) atoms. The maximum Gasteiger partial charge on any atom is 0.118 e. The van der Waals surface area contributed by atoms with Crippen LogP contribution in [0, 0.1) is 0 Å². The highest BCUT2D eigenvalue weighted by molar-refractivity contribution is 5.29. The molecule has 0 bridgehead atoms. The Hall–Kier alpha value is -1.02. The van der Waals surface area contributed by atoms with Crippen molar-refractivity contribution in [2.24, 2.45) is 0 Å². The molecule has 0 aliphatic rings. The van der Waals surface area contributed by atoms with Crippen LogP contribution in [0.4, 0.5) is 0 Å². The summed E-state index contributed by atoms with van der Waals surface area (Å²) in [7, 11) is 1.70. The minimum atomic E-state index is 0.576. The van der Waals surface area contributed by atoms with Crippen molar-refractivity contribution in [1.29, 1.82) is 0 Å². The second kappa shape index (κ2) is 7.33. The fraction of sp³-hybridized carbons (Fsp3) is 0.600. The highest BCUT2D eigenvalue weighted by Gasteiger charge is 2.10. The van der Waals surface area contributed by atoms with Gasteiger partial charge in [-0.2, -0.15) is 0 Å². The average Bonchev–Trinajstić information content (AvgIpc) is 2.36. The number of methoxy groups -OCH3 is 1. The summed E-state index contributed by atoms with van der Waals surface area (Å²) in [4.78, 5) is 0. The highest BCUT2D eigenvalue weighted by Crippen LogP contribution is 2.22. The van der Waals surface area contributed by atoms with E-state index in [0.717, 1.165) is 12.3 Å². The second-order valence-corrected chi connectivity index (χ2v) is 4.77. The number of ether oxygens (including phenoxy) is 1. The lowest BCUT2D eigenvalue weighted by atomic mass is 9.94. The van der Waals surface area contributed by atoms with Crippen LogP contribution in [0.25, 0.3) is 0 Å². The lowest BCUT2D eigenvalue weighted by Crippen LogP contribution is -2.27. The van der Waals surface area contributed by atoms with E-state index in [1.54, 1.807) is 7.11 Å². The van der Waals surface area contributed by atoms with Gasteiger partial charge in [-0.1, -0.05) is 26.0 Å². The smallest absolute Gasteiger partial charge is 0.118 e. The largest absolute Gasteiger partial charge is 0.497 e. The van der Waals surface area contributed by atoms with Gasteiger partial charge in [-0.3, -0.25) is 0 Å². The van der Waals surface area contributed by atoms with Crippen molar-refractivity contribution in [3.05, 3.63) is 29.8 Å². The zero-order chi connectivity index (χ0) is 12.7. The van der Waals surface area contributed by atoms with Crippen molar-refractivity contribution in [3.8, 4) is 5.75 Å². The molecular formula is C15H25NO. The fourth-order valence-electron chi connectivity index (χ4n) is 2.07. The van der Waals surface area contributed by atoms with E-state index in [1.165, 1.54) is 18.4 Å². The first kappa shape index (κ1) is 14.0. The van der Waals surface area contributed by atoms with Crippen molar-refractivity contribution in [2.45, 2.75) is 45.6 Å². The van der Waals surface area contributed by atoms with Crippen molar-refractivity contribution < 1.29 is 4.74 Å². The van der Waals surface area contributed by atoms with Gasteiger partial charge in [0.2, 0.25) is 0 Å². The molecule has 96 valence electrons. The standard InChI is InChI=1S/C15H25NO/c1-5-10-16-13(3)11-12(2)14-6-8-15(17-4)9-7-14/h6-9,12-13,16H,5,10-11H2,1-4H3. The summed E-state index contributed by atoms with van der Waals surface area (Å²) in [5, 5.41) is 3.53. The predicted molar refractivity (Wildman–Crippen MR) is 73.8 cm³/mol. The molecule has 0 aliphatic heterocycles. The second-order valence-electron chi connectivity index (χ2n) is 4.77. The summed E-state index contributed by atoms with van der Waals surface area (Å²) in [6, 6.07) is 8.98. The maximum atomic E-state index is 5.17. The third kappa shape index (κ3) is 4.78. The van der Waals surface area contributed by atoms with Crippen LogP contribution < -0.4 is 10.1 Å². The summed E-state index contributed by atoms with van der Waals surface area (Å²) in [5.74, 6) is 1.51. The molecule has 1 N–H and O–H groups in total. The van der Waals surface area contributed by atoms with Gasteiger partial charge in [0, 0.05) is 6.04 Å².